The van der Waals surface area contributed by atoms with E-state index >= 15 is 0 Å². The Morgan fingerprint density at radius 2 is 2.32 bits per heavy atom. The van der Waals surface area contributed by atoms with E-state index in [2.05, 4.69) is 10.6 Å². The molecule has 1 fully saturated rings. The van der Waals surface area contributed by atoms with Crippen LogP contribution in [0.4, 0.5) is 0 Å². The molecule has 1 heterocycles. The maximum absolute atomic E-state index is 12.0. The lowest BCUT2D eigenvalue weighted by Crippen LogP contribution is -2.29. The fourth-order valence-corrected chi connectivity index (χ4v) is 2.55. The average Bonchev–Trinajstić information content (AvgIpc) is 2.91. The summed E-state index contributed by atoms with van der Waals surface area (Å²) in [5.74, 6) is 1.41. The van der Waals surface area contributed by atoms with Gasteiger partial charge in [-0.15, -0.1) is 0 Å². The first-order valence-corrected chi connectivity index (χ1v) is 6.83. The highest BCUT2D eigenvalue weighted by molar-refractivity contribution is 5.76. The van der Waals surface area contributed by atoms with E-state index in [1.165, 1.54) is 0 Å². The quantitative estimate of drug-likeness (QED) is 0.851. The maximum Gasteiger partial charge on any atom is 0.220 e. The second-order valence-electron chi connectivity index (χ2n) is 5.09. The monoisotopic (exact) mass is 262 g/mol. The van der Waals surface area contributed by atoms with Gasteiger partial charge in [0.2, 0.25) is 5.91 Å². The topological polar surface area (TPSA) is 50.4 Å². The molecule has 1 aromatic rings. The number of hydrogen-bond donors (Lipinski definition) is 2. The smallest absolute Gasteiger partial charge is 0.220 e. The van der Waals surface area contributed by atoms with Gasteiger partial charge in [-0.2, -0.15) is 0 Å². The summed E-state index contributed by atoms with van der Waals surface area (Å²) in [6.07, 6.45) is 1.70. The summed E-state index contributed by atoms with van der Waals surface area (Å²) in [5, 5.41) is 6.33. The Morgan fingerprint density at radius 1 is 1.53 bits per heavy atom. The zero-order chi connectivity index (χ0) is 13.7. The van der Waals surface area contributed by atoms with E-state index in [-0.39, 0.29) is 11.9 Å². The van der Waals surface area contributed by atoms with Crippen molar-refractivity contribution in [2.24, 2.45) is 5.92 Å². The Labute approximate surface area is 114 Å². The molecule has 4 heteroatoms. The molecule has 1 aliphatic rings. The van der Waals surface area contributed by atoms with Gasteiger partial charge in [0, 0.05) is 12.0 Å². The summed E-state index contributed by atoms with van der Waals surface area (Å²) < 4.78 is 5.32. The molecule has 2 rings (SSSR count). The Bertz CT molecular complexity index is 428. The number of amides is 1. The van der Waals surface area contributed by atoms with E-state index in [1.807, 2.05) is 31.2 Å². The number of carbonyl (C=O) groups is 1. The fraction of sp³-hybridized carbons (Fsp3) is 0.533. The first-order chi connectivity index (χ1) is 9.20. The van der Waals surface area contributed by atoms with Crippen LogP contribution >= 0.6 is 0 Å². The number of ether oxygens (including phenoxy) is 1. The molecule has 1 aliphatic heterocycles. The average molecular weight is 262 g/mol. The van der Waals surface area contributed by atoms with Crippen LogP contribution in [-0.4, -0.2) is 26.1 Å². The molecule has 1 aromatic carbocycles. The molecular formula is C15H22N2O2. The lowest BCUT2D eigenvalue weighted by molar-refractivity contribution is -0.122. The molecule has 1 amide bonds. The van der Waals surface area contributed by atoms with E-state index < -0.39 is 0 Å². The minimum atomic E-state index is -0.0296. The van der Waals surface area contributed by atoms with Crippen molar-refractivity contribution >= 4 is 5.91 Å². The van der Waals surface area contributed by atoms with Crippen molar-refractivity contribution in [3.05, 3.63) is 29.8 Å². The Balaban J connectivity index is 1.92. The largest absolute Gasteiger partial charge is 0.496 e. The van der Waals surface area contributed by atoms with Crippen LogP contribution in [0, 0.1) is 5.92 Å². The van der Waals surface area contributed by atoms with E-state index in [0.717, 1.165) is 30.8 Å². The third-order valence-corrected chi connectivity index (χ3v) is 3.62. The van der Waals surface area contributed by atoms with Crippen LogP contribution in [-0.2, 0) is 4.79 Å². The number of carbonyl (C=O) groups excluding carboxylic acids is 1. The minimum absolute atomic E-state index is 0.0296. The first kappa shape index (κ1) is 13.9. The maximum atomic E-state index is 12.0. The lowest BCUT2D eigenvalue weighted by Gasteiger charge is -2.18. The van der Waals surface area contributed by atoms with Crippen molar-refractivity contribution in [3.8, 4) is 5.75 Å². The Kier molecular flexibility index (Phi) is 4.80. The summed E-state index contributed by atoms with van der Waals surface area (Å²) in [5.41, 5.74) is 1.02. The summed E-state index contributed by atoms with van der Waals surface area (Å²) in [7, 11) is 1.65. The third-order valence-electron chi connectivity index (χ3n) is 3.62. The number of para-hydroxylation sites is 1. The van der Waals surface area contributed by atoms with Crippen LogP contribution in [0.2, 0.25) is 0 Å². The molecule has 0 spiro atoms. The third kappa shape index (κ3) is 3.70. The highest BCUT2D eigenvalue weighted by atomic mass is 16.5. The van der Waals surface area contributed by atoms with Crippen molar-refractivity contribution in [1.29, 1.82) is 0 Å². The van der Waals surface area contributed by atoms with Crippen molar-refractivity contribution in [1.82, 2.24) is 10.6 Å². The van der Waals surface area contributed by atoms with E-state index in [4.69, 9.17) is 4.74 Å². The SMILES string of the molecule is COc1ccccc1[C@H](C)NC(=O)CC1CCNC1. The minimum Gasteiger partial charge on any atom is -0.496 e. The van der Waals surface area contributed by atoms with Gasteiger partial charge in [0.25, 0.3) is 0 Å². The van der Waals surface area contributed by atoms with Gasteiger partial charge in [-0.05, 0) is 38.4 Å². The standard InChI is InChI=1S/C15H22N2O2/c1-11(13-5-3-4-6-14(13)19-2)17-15(18)9-12-7-8-16-10-12/h3-6,11-12,16H,7-10H2,1-2H3,(H,17,18)/t11-,12?/m0/s1. The number of benzene rings is 1. The van der Waals surface area contributed by atoms with Gasteiger partial charge in [-0.3, -0.25) is 4.79 Å². The molecule has 0 radical (unpaired) electrons. The second kappa shape index (κ2) is 6.57. The Hall–Kier alpha value is -1.55. The van der Waals surface area contributed by atoms with Crippen LogP contribution in [0.25, 0.3) is 0 Å². The molecule has 2 atom stereocenters. The predicted molar refractivity (Wildman–Crippen MR) is 75.1 cm³/mol. The molecule has 0 aliphatic carbocycles. The van der Waals surface area contributed by atoms with Crippen LogP contribution in [0.3, 0.4) is 0 Å². The van der Waals surface area contributed by atoms with Crippen LogP contribution in [0.15, 0.2) is 24.3 Å². The summed E-state index contributed by atoms with van der Waals surface area (Å²) in [4.78, 5) is 12.0. The molecule has 0 bridgehead atoms. The molecule has 4 nitrogen and oxygen atoms in total. The van der Waals surface area contributed by atoms with Crippen LogP contribution in [0.1, 0.15) is 31.4 Å². The normalized spacial score (nSPS) is 20.0. The molecule has 0 saturated carbocycles. The van der Waals surface area contributed by atoms with Crippen LogP contribution < -0.4 is 15.4 Å². The van der Waals surface area contributed by atoms with Crippen molar-refractivity contribution in [3.63, 3.8) is 0 Å². The Morgan fingerprint density at radius 3 is 3.00 bits per heavy atom. The fourth-order valence-electron chi connectivity index (χ4n) is 2.55. The summed E-state index contributed by atoms with van der Waals surface area (Å²) in [6, 6.07) is 7.76. The highest BCUT2D eigenvalue weighted by Crippen LogP contribution is 2.24. The number of hydrogen-bond acceptors (Lipinski definition) is 3. The first-order valence-electron chi connectivity index (χ1n) is 6.83. The zero-order valence-electron chi connectivity index (χ0n) is 11.6. The molecule has 0 aromatic heterocycles. The van der Waals surface area contributed by atoms with E-state index in [9.17, 15) is 4.79 Å². The predicted octanol–water partition coefficient (Wildman–Crippen LogP) is 1.87. The van der Waals surface area contributed by atoms with Crippen molar-refractivity contribution < 1.29 is 9.53 Å². The van der Waals surface area contributed by atoms with Gasteiger partial charge in [-0.1, -0.05) is 18.2 Å². The van der Waals surface area contributed by atoms with Gasteiger partial charge in [0.05, 0.1) is 13.2 Å². The van der Waals surface area contributed by atoms with Gasteiger partial charge in [0.1, 0.15) is 5.75 Å². The van der Waals surface area contributed by atoms with Gasteiger partial charge >= 0.3 is 0 Å². The van der Waals surface area contributed by atoms with Crippen molar-refractivity contribution in [2.45, 2.75) is 25.8 Å². The summed E-state index contributed by atoms with van der Waals surface area (Å²) >= 11 is 0. The second-order valence-corrected chi connectivity index (χ2v) is 5.09. The van der Waals surface area contributed by atoms with Gasteiger partial charge in [0.15, 0.2) is 0 Å². The zero-order valence-corrected chi connectivity index (χ0v) is 11.6. The number of methoxy groups -OCH3 is 1. The van der Waals surface area contributed by atoms with Crippen molar-refractivity contribution in [2.75, 3.05) is 20.2 Å². The number of rotatable bonds is 5. The molecule has 19 heavy (non-hydrogen) atoms. The molecule has 104 valence electrons. The molecule has 1 unspecified atom stereocenters. The lowest BCUT2D eigenvalue weighted by atomic mass is 10.0. The van der Waals surface area contributed by atoms with Crippen LogP contribution in [0.5, 0.6) is 5.75 Å². The van der Waals surface area contributed by atoms with E-state index in [0.29, 0.717) is 12.3 Å². The number of nitrogens with one attached hydrogen (secondary N) is 2. The van der Waals surface area contributed by atoms with Gasteiger partial charge in [-0.25, -0.2) is 0 Å². The van der Waals surface area contributed by atoms with Gasteiger partial charge < -0.3 is 15.4 Å². The molecule has 1 saturated heterocycles. The summed E-state index contributed by atoms with van der Waals surface area (Å²) in [6.45, 7) is 3.97. The van der Waals surface area contributed by atoms with E-state index in [1.54, 1.807) is 7.11 Å². The molecule has 2 N–H and O–H groups in total. The highest BCUT2D eigenvalue weighted by Gasteiger charge is 2.20. The molecular weight excluding hydrogens is 240 g/mol.